The van der Waals surface area contributed by atoms with Crippen molar-refractivity contribution in [2.24, 2.45) is 0 Å². The molecule has 0 unspecified atom stereocenters. The van der Waals surface area contributed by atoms with Crippen LogP contribution in [0, 0.1) is 6.92 Å². The third kappa shape index (κ3) is 4.21. The van der Waals surface area contributed by atoms with E-state index in [1.165, 1.54) is 49.7 Å². The van der Waals surface area contributed by atoms with Gasteiger partial charge in [-0.2, -0.15) is 0 Å². The van der Waals surface area contributed by atoms with Crippen LogP contribution in [-0.2, 0) is 10.0 Å². The number of hydrogen-bond acceptors (Lipinski definition) is 6. The van der Waals surface area contributed by atoms with Crippen molar-refractivity contribution < 1.29 is 13.2 Å². The summed E-state index contributed by atoms with van der Waals surface area (Å²) in [6.45, 7) is 2.00. The highest BCUT2D eigenvalue weighted by molar-refractivity contribution is 7.89. The molecule has 0 aliphatic heterocycles. The van der Waals surface area contributed by atoms with Crippen LogP contribution in [0.15, 0.2) is 53.4 Å². The second-order valence-corrected chi connectivity index (χ2v) is 9.17. The van der Waals surface area contributed by atoms with Gasteiger partial charge in [0.1, 0.15) is 5.01 Å². The first-order chi connectivity index (χ1) is 12.8. The van der Waals surface area contributed by atoms with E-state index in [4.69, 9.17) is 0 Å². The first kappa shape index (κ1) is 19.2. The van der Waals surface area contributed by atoms with Crippen molar-refractivity contribution in [3.63, 3.8) is 0 Å². The molecular formula is C18H18N4O3S2. The highest BCUT2D eigenvalue weighted by Crippen LogP contribution is 2.26. The zero-order valence-electron chi connectivity index (χ0n) is 15.0. The highest BCUT2D eigenvalue weighted by atomic mass is 32.2. The minimum atomic E-state index is -3.53. The Hall–Kier alpha value is -2.62. The Kier molecular flexibility index (Phi) is 5.36. The number of amides is 1. The fraction of sp³-hybridized carbons (Fsp3) is 0.167. The van der Waals surface area contributed by atoms with E-state index in [2.05, 4.69) is 15.5 Å². The summed E-state index contributed by atoms with van der Waals surface area (Å²) in [5.41, 5.74) is 2.41. The number of nitrogens with one attached hydrogen (secondary N) is 1. The molecule has 1 heterocycles. The van der Waals surface area contributed by atoms with Gasteiger partial charge in [-0.3, -0.25) is 10.1 Å². The minimum Gasteiger partial charge on any atom is -0.296 e. The second-order valence-electron chi connectivity index (χ2n) is 6.04. The maximum absolute atomic E-state index is 12.4. The Bertz CT molecular complexity index is 1060. The molecule has 9 heteroatoms. The SMILES string of the molecule is Cc1ccc(-c2nnc(NC(=O)c3ccc(S(=O)(=O)N(C)C)cc3)s2)cc1. The molecule has 1 amide bonds. The van der Waals surface area contributed by atoms with Crippen molar-refractivity contribution in [1.29, 1.82) is 0 Å². The molecule has 3 rings (SSSR count). The lowest BCUT2D eigenvalue weighted by Crippen LogP contribution is -2.22. The predicted molar refractivity (Wildman–Crippen MR) is 105 cm³/mol. The second kappa shape index (κ2) is 7.55. The lowest BCUT2D eigenvalue weighted by atomic mass is 10.2. The van der Waals surface area contributed by atoms with E-state index in [9.17, 15) is 13.2 Å². The number of anilines is 1. The number of hydrogen-bond donors (Lipinski definition) is 1. The largest absolute Gasteiger partial charge is 0.296 e. The van der Waals surface area contributed by atoms with Crippen molar-refractivity contribution in [3.05, 3.63) is 59.7 Å². The van der Waals surface area contributed by atoms with E-state index in [1.807, 2.05) is 31.2 Å². The number of nitrogens with zero attached hydrogens (tertiary/aromatic N) is 3. The van der Waals surface area contributed by atoms with Crippen LogP contribution >= 0.6 is 11.3 Å². The molecule has 0 aliphatic rings. The minimum absolute atomic E-state index is 0.127. The van der Waals surface area contributed by atoms with Gasteiger partial charge >= 0.3 is 0 Å². The smallest absolute Gasteiger partial charge is 0.257 e. The topological polar surface area (TPSA) is 92.3 Å². The average Bonchev–Trinajstić information content (AvgIpc) is 3.10. The van der Waals surface area contributed by atoms with Gasteiger partial charge in [-0.25, -0.2) is 12.7 Å². The van der Waals surface area contributed by atoms with Crippen LogP contribution in [0.5, 0.6) is 0 Å². The summed E-state index contributed by atoms with van der Waals surface area (Å²) >= 11 is 1.27. The summed E-state index contributed by atoms with van der Waals surface area (Å²) < 4.78 is 25.3. The number of carbonyl (C=O) groups is 1. The molecule has 0 atom stereocenters. The fourth-order valence-electron chi connectivity index (χ4n) is 2.24. The van der Waals surface area contributed by atoms with E-state index in [-0.39, 0.29) is 10.8 Å². The molecule has 0 fully saturated rings. The van der Waals surface area contributed by atoms with E-state index in [1.54, 1.807) is 0 Å². The van der Waals surface area contributed by atoms with Crippen LogP contribution in [0.3, 0.4) is 0 Å². The van der Waals surface area contributed by atoms with Gasteiger partial charge in [0.15, 0.2) is 0 Å². The van der Waals surface area contributed by atoms with Gasteiger partial charge in [-0.1, -0.05) is 41.2 Å². The molecule has 0 spiro atoms. The predicted octanol–water partition coefficient (Wildman–Crippen LogP) is 3.02. The summed E-state index contributed by atoms with van der Waals surface area (Å²) in [4.78, 5) is 12.5. The zero-order valence-corrected chi connectivity index (χ0v) is 16.6. The molecule has 0 saturated heterocycles. The summed E-state index contributed by atoms with van der Waals surface area (Å²) in [6, 6.07) is 13.6. The molecule has 7 nitrogen and oxygen atoms in total. The van der Waals surface area contributed by atoms with E-state index < -0.39 is 10.0 Å². The number of aromatic nitrogens is 2. The molecule has 3 aromatic rings. The van der Waals surface area contributed by atoms with E-state index in [0.717, 1.165) is 15.4 Å². The van der Waals surface area contributed by atoms with Gasteiger partial charge in [-0.15, -0.1) is 10.2 Å². The molecular weight excluding hydrogens is 384 g/mol. The van der Waals surface area contributed by atoms with Crippen molar-refractivity contribution in [2.45, 2.75) is 11.8 Å². The molecule has 0 radical (unpaired) electrons. The van der Waals surface area contributed by atoms with Gasteiger partial charge in [0, 0.05) is 25.2 Å². The lowest BCUT2D eigenvalue weighted by Gasteiger charge is -2.11. The highest BCUT2D eigenvalue weighted by Gasteiger charge is 2.18. The summed E-state index contributed by atoms with van der Waals surface area (Å²) in [7, 11) is -0.617. The number of benzene rings is 2. The molecule has 0 saturated carbocycles. The normalized spacial score (nSPS) is 11.6. The number of sulfonamides is 1. The van der Waals surface area contributed by atoms with Crippen LogP contribution in [0.25, 0.3) is 10.6 Å². The van der Waals surface area contributed by atoms with Crippen LogP contribution in [0.2, 0.25) is 0 Å². The van der Waals surface area contributed by atoms with E-state index in [0.29, 0.717) is 15.7 Å². The average molecular weight is 403 g/mol. The third-order valence-corrected chi connectivity index (χ3v) is 6.56. The van der Waals surface area contributed by atoms with Gasteiger partial charge in [0.05, 0.1) is 4.90 Å². The van der Waals surface area contributed by atoms with Gasteiger partial charge in [-0.05, 0) is 31.2 Å². The molecule has 140 valence electrons. The Labute approximate surface area is 161 Å². The number of rotatable bonds is 5. The summed E-state index contributed by atoms with van der Waals surface area (Å²) in [5, 5.41) is 11.9. The van der Waals surface area contributed by atoms with E-state index >= 15 is 0 Å². The Morgan fingerprint density at radius 3 is 2.22 bits per heavy atom. The molecule has 1 N–H and O–H groups in total. The van der Waals surface area contributed by atoms with Crippen molar-refractivity contribution in [1.82, 2.24) is 14.5 Å². The van der Waals surface area contributed by atoms with Crippen molar-refractivity contribution >= 4 is 32.4 Å². The first-order valence-corrected chi connectivity index (χ1v) is 10.3. The summed E-state index contributed by atoms with van der Waals surface area (Å²) in [5.74, 6) is -0.379. The van der Waals surface area contributed by atoms with Crippen LogP contribution in [-0.4, -0.2) is 42.9 Å². The molecule has 2 aromatic carbocycles. The molecule has 0 aliphatic carbocycles. The first-order valence-electron chi connectivity index (χ1n) is 8.02. The maximum atomic E-state index is 12.4. The zero-order chi connectivity index (χ0) is 19.6. The molecule has 0 bridgehead atoms. The van der Waals surface area contributed by atoms with Gasteiger partial charge in [0.25, 0.3) is 5.91 Å². The fourth-order valence-corrected chi connectivity index (χ4v) is 3.89. The van der Waals surface area contributed by atoms with Crippen molar-refractivity contribution in [2.75, 3.05) is 19.4 Å². The standard InChI is InChI=1S/C18H18N4O3S2/c1-12-4-6-14(7-5-12)17-20-21-18(26-17)19-16(23)13-8-10-15(11-9-13)27(24,25)22(2)3/h4-11H,1-3H3,(H,19,21,23). The van der Waals surface area contributed by atoms with Crippen LogP contribution in [0.1, 0.15) is 15.9 Å². The maximum Gasteiger partial charge on any atom is 0.257 e. The monoisotopic (exact) mass is 402 g/mol. The van der Waals surface area contributed by atoms with Crippen molar-refractivity contribution in [3.8, 4) is 10.6 Å². The van der Waals surface area contributed by atoms with Crippen LogP contribution < -0.4 is 5.32 Å². The quantitative estimate of drug-likeness (QED) is 0.708. The molecule has 27 heavy (non-hydrogen) atoms. The summed E-state index contributed by atoms with van der Waals surface area (Å²) in [6.07, 6.45) is 0. The third-order valence-electron chi connectivity index (χ3n) is 3.84. The van der Waals surface area contributed by atoms with Crippen LogP contribution in [0.4, 0.5) is 5.13 Å². The Morgan fingerprint density at radius 1 is 1.00 bits per heavy atom. The Balaban J connectivity index is 1.73. The van der Waals surface area contributed by atoms with Gasteiger partial charge in [0.2, 0.25) is 15.2 Å². The molecule has 1 aromatic heterocycles. The Morgan fingerprint density at radius 2 is 1.63 bits per heavy atom. The number of aryl methyl sites for hydroxylation is 1. The lowest BCUT2D eigenvalue weighted by molar-refractivity contribution is 0.102. The number of carbonyl (C=O) groups excluding carboxylic acids is 1. The van der Waals surface area contributed by atoms with Gasteiger partial charge < -0.3 is 0 Å².